The van der Waals surface area contributed by atoms with Gasteiger partial charge in [-0.05, 0) is 30.7 Å². The Bertz CT molecular complexity index is 397. The lowest BCUT2D eigenvalue weighted by molar-refractivity contribution is 0.0861. The third-order valence-corrected chi connectivity index (χ3v) is 3.30. The van der Waals surface area contributed by atoms with Crippen molar-refractivity contribution < 1.29 is 9.53 Å². The fourth-order valence-electron chi connectivity index (χ4n) is 1.44. The van der Waals surface area contributed by atoms with Crippen molar-refractivity contribution in [2.45, 2.75) is 20.8 Å². The Morgan fingerprint density at radius 2 is 2.06 bits per heavy atom. The van der Waals surface area contributed by atoms with Gasteiger partial charge in [0, 0.05) is 16.9 Å². The highest BCUT2D eigenvalue weighted by Gasteiger charge is 2.28. The van der Waals surface area contributed by atoms with Gasteiger partial charge in [0.15, 0.2) is 5.78 Å². The van der Waals surface area contributed by atoms with Gasteiger partial charge in [-0.1, -0.05) is 13.8 Å². The highest BCUT2D eigenvalue weighted by molar-refractivity contribution is 6.21. The van der Waals surface area contributed by atoms with E-state index < -0.39 is 5.41 Å². The van der Waals surface area contributed by atoms with Crippen molar-refractivity contribution in [1.82, 2.24) is 0 Å². The zero-order valence-corrected chi connectivity index (χ0v) is 10.9. The Balaban J connectivity index is 3.10. The topological polar surface area (TPSA) is 26.3 Å². The van der Waals surface area contributed by atoms with E-state index in [9.17, 15) is 4.79 Å². The molecule has 0 fully saturated rings. The molecule has 0 saturated heterocycles. The van der Waals surface area contributed by atoms with E-state index in [1.807, 2.05) is 26.8 Å². The first kappa shape index (κ1) is 13.0. The Kier molecular flexibility index (Phi) is 3.98. The van der Waals surface area contributed by atoms with Crippen LogP contribution >= 0.6 is 11.6 Å². The number of hydrogen-bond donors (Lipinski definition) is 0. The summed E-state index contributed by atoms with van der Waals surface area (Å²) in [6.07, 6.45) is 0. The van der Waals surface area contributed by atoms with Crippen LogP contribution in [0.4, 0.5) is 0 Å². The largest absolute Gasteiger partial charge is 0.497 e. The van der Waals surface area contributed by atoms with Crippen LogP contribution in [0.15, 0.2) is 18.2 Å². The first-order valence-corrected chi connectivity index (χ1v) is 5.71. The molecule has 0 unspecified atom stereocenters. The van der Waals surface area contributed by atoms with Crippen LogP contribution in [0.25, 0.3) is 0 Å². The molecule has 3 heteroatoms. The molecule has 0 aromatic heterocycles. The summed E-state index contributed by atoms with van der Waals surface area (Å²) in [6.45, 7) is 5.61. The molecule has 0 N–H and O–H groups in total. The minimum absolute atomic E-state index is 0.0719. The van der Waals surface area contributed by atoms with Gasteiger partial charge in [0.05, 0.1) is 7.11 Å². The number of carbonyl (C=O) groups excluding carboxylic acids is 1. The van der Waals surface area contributed by atoms with E-state index in [4.69, 9.17) is 16.3 Å². The maximum atomic E-state index is 12.2. The van der Waals surface area contributed by atoms with Gasteiger partial charge in [-0.2, -0.15) is 0 Å². The van der Waals surface area contributed by atoms with Crippen LogP contribution in [-0.2, 0) is 0 Å². The molecule has 16 heavy (non-hydrogen) atoms. The van der Waals surface area contributed by atoms with Crippen molar-refractivity contribution in [3.05, 3.63) is 29.3 Å². The van der Waals surface area contributed by atoms with E-state index in [2.05, 4.69) is 0 Å². The van der Waals surface area contributed by atoms with E-state index in [0.717, 1.165) is 11.3 Å². The highest BCUT2D eigenvalue weighted by Crippen LogP contribution is 2.27. The van der Waals surface area contributed by atoms with E-state index in [-0.39, 0.29) is 5.78 Å². The molecular formula is C13H17ClO2. The predicted molar refractivity (Wildman–Crippen MR) is 66.6 cm³/mol. The Morgan fingerprint density at radius 1 is 1.44 bits per heavy atom. The van der Waals surface area contributed by atoms with E-state index >= 15 is 0 Å². The molecule has 0 spiro atoms. The molecule has 88 valence electrons. The third-order valence-electron chi connectivity index (χ3n) is 2.63. The molecule has 0 bridgehead atoms. The number of Topliss-reactive ketones (excluding diaryl/α,β-unsaturated/α-hetero) is 1. The van der Waals surface area contributed by atoms with Crippen LogP contribution in [0.1, 0.15) is 29.8 Å². The molecule has 2 nitrogen and oxygen atoms in total. The second-order valence-corrected chi connectivity index (χ2v) is 4.79. The molecule has 0 heterocycles. The summed E-state index contributed by atoms with van der Waals surface area (Å²) in [5, 5.41) is 0. The summed E-state index contributed by atoms with van der Waals surface area (Å²) in [6, 6.07) is 5.45. The fraction of sp³-hybridized carbons (Fsp3) is 0.462. The summed E-state index contributed by atoms with van der Waals surface area (Å²) >= 11 is 5.80. The normalized spacial score (nSPS) is 11.3. The summed E-state index contributed by atoms with van der Waals surface area (Å²) in [5.74, 6) is 1.15. The van der Waals surface area contributed by atoms with Gasteiger partial charge >= 0.3 is 0 Å². The molecule has 0 aliphatic rings. The molecule has 0 radical (unpaired) electrons. The quantitative estimate of drug-likeness (QED) is 0.595. The predicted octanol–water partition coefficient (Wildman–Crippen LogP) is 3.45. The first-order valence-electron chi connectivity index (χ1n) is 5.18. The zero-order valence-electron chi connectivity index (χ0n) is 10.1. The van der Waals surface area contributed by atoms with Gasteiger partial charge in [-0.3, -0.25) is 4.79 Å². The van der Waals surface area contributed by atoms with Gasteiger partial charge < -0.3 is 4.74 Å². The maximum absolute atomic E-state index is 12.2. The third kappa shape index (κ3) is 2.56. The van der Waals surface area contributed by atoms with Crippen molar-refractivity contribution in [3.63, 3.8) is 0 Å². The second kappa shape index (κ2) is 4.88. The zero-order chi connectivity index (χ0) is 12.3. The van der Waals surface area contributed by atoms with Crippen molar-refractivity contribution in [2.24, 2.45) is 5.41 Å². The van der Waals surface area contributed by atoms with Crippen LogP contribution < -0.4 is 4.74 Å². The molecule has 1 aromatic carbocycles. The number of rotatable bonds is 4. The number of carbonyl (C=O) groups is 1. The number of ketones is 1. The second-order valence-electron chi connectivity index (χ2n) is 4.53. The Morgan fingerprint density at radius 3 is 2.50 bits per heavy atom. The molecule has 0 saturated carbocycles. The van der Waals surface area contributed by atoms with Crippen LogP contribution in [0.5, 0.6) is 5.75 Å². The maximum Gasteiger partial charge on any atom is 0.169 e. The minimum atomic E-state index is -0.527. The smallest absolute Gasteiger partial charge is 0.169 e. The molecule has 0 aliphatic heterocycles. The average Bonchev–Trinajstić information content (AvgIpc) is 2.28. The van der Waals surface area contributed by atoms with Gasteiger partial charge in [0.25, 0.3) is 0 Å². The number of methoxy groups -OCH3 is 1. The lowest BCUT2D eigenvalue weighted by atomic mass is 9.84. The molecule has 1 aromatic rings. The molecule has 0 atom stereocenters. The van der Waals surface area contributed by atoms with Gasteiger partial charge in [-0.15, -0.1) is 11.6 Å². The van der Waals surface area contributed by atoms with Gasteiger partial charge in [0.2, 0.25) is 0 Å². The standard InChI is InChI=1S/C13H17ClO2/c1-9-7-10(16-4)5-6-11(9)12(15)13(2,3)8-14/h5-7H,8H2,1-4H3. The summed E-state index contributed by atoms with van der Waals surface area (Å²) in [7, 11) is 1.61. The van der Waals surface area contributed by atoms with Crippen molar-refractivity contribution >= 4 is 17.4 Å². The number of hydrogen-bond acceptors (Lipinski definition) is 2. The Hall–Kier alpha value is -1.02. The molecule has 0 aliphatic carbocycles. The lowest BCUT2D eigenvalue weighted by Crippen LogP contribution is -2.26. The average molecular weight is 241 g/mol. The molecular weight excluding hydrogens is 224 g/mol. The highest BCUT2D eigenvalue weighted by atomic mass is 35.5. The monoisotopic (exact) mass is 240 g/mol. The minimum Gasteiger partial charge on any atom is -0.497 e. The van der Waals surface area contributed by atoms with Crippen molar-refractivity contribution in [1.29, 1.82) is 0 Å². The first-order chi connectivity index (χ1) is 7.42. The summed E-state index contributed by atoms with van der Waals surface area (Å²) in [4.78, 5) is 12.2. The fourth-order valence-corrected chi connectivity index (χ4v) is 1.56. The van der Waals surface area contributed by atoms with Gasteiger partial charge in [-0.25, -0.2) is 0 Å². The number of benzene rings is 1. The van der Waals surface area contributed by atoms with Gasteiger partial charge in [0.1, 0.15) is 5.75 Å². The molecule has 1 rings (SSSR count). The SMILES string of the molecule is COc1ccc(C(=O)C(C)(C)CCl)c(C)c1. The number of aryl methyl sites for hydroxylation is 1. The van der Waals surface area contributed by atoms with Crippen LogP contribution in [0, 0.1) is 12.3 Å². The summed E-state index contributed by atoms with van der Waals surface area (Å²) < 4.78 is 5.10. The Labute approximate surface area is 102 Å². The summed E-state index contributed by atoms with van der Waals surface area (Å²) in [5.41, 5.74) is 1.11. The number of alkyl halides is 1. The number of halogens is 1. The molecule has 0 amide bonds. The van der Waals surface area contributed by atoms with Crippen molar-refractivity contribution in [2.75, 3.05) is 13.0 Å². The van der Waals surface area contributed by atoms with Crippen molar-refractivity contribution in [3.8, 4) is 5.75 Å². The van der Waals surface area contributed by atoms with Crippen LogP contribution in [0.2, 0.25) is 0 Å². The van der Waals surface area contributed by atoms with Crippen LogP contribution in [-0.4, -0.2) is 18.8 Å². The lowest BCUT2D eigenvalue weighted by Gasteiger charge is -2.21. The van der Waals surface area contributed by atoms with E-state index in [1.165, 1.54) is 0 Å². The van der Waals surface area contributed by atoms with E-state index in [1.54, 1.807) is 19.2 Å². The van der Waals surface area contributed by atoms with E-state index in [0.29, 0.717) is 11.4 Å². The van der Waals surface area contributed by atoms with Crippen LogP contribution in [0.3, 0.4) is 0 Å². The number of ether oxygens (including phenoxy) is 1.